The molecule has 0 atom stereocenters. The fourth-order valence-electron chi connectivity index (χ4n) is 2.72. The van der Waals surface area contributed by atoms with Crippen LogP contribution in [0.1, 0.15) is 5.56 Å². The maximum Gasteiger partial charge on any atom is 0.191 e. The van der Waals surface area contributed by atoms with Crippen molar-refractivity contribution in [3.05, 3.63) is 48.0 Å². The zero-order valence-electron chi connectivity index (χ0n) is 13.3. The highest BCUT2D eigenvalue weighted by Gasteiger charge is 2.11. The van der Waals surface area contributed by atoms with Gasteiger partial charge < -0.3 is 15.4 Å². The van der Waals surface area contributed by atoms with Crippen LogP contribution in [0.15, 0.2) is 47.5 Å². The molecule has 0 unspecified atom stereocenters. The topological polar surface area (TPSA) is 50.8 Å². The summed E-state index contributed by atoms with van der Waals surface area (Å²) in [7, 11) is 0. The molecule has 1 aliphatic heterocycles. The van der Waals surface area contributed by atoms with E-state index < -0.39 is 0 Å². The zero-order chi connectivity index (χ0) is 15.9. The summed E-state index contributed by atoms with van der Waals surface area (Å²) in [6, 6.07) is 15.0. The molecule has 4 nitrogen and oxygen atoms in total. The van der Waals surface area contributed by atoms with Crippen LogP contribution in [0.3, 0.4) is 0 Å². The monoisotopic (exact) mass is 329 g/mol. The van der Waals surface area contributed by atoms with E-state index in [1.165, 1.54) is 16.3 Å². The van der Waals surface area contributed by atoms with Gasteiger partial charge >= 0.3 is 0 Å². The smallest absolute Gasteiger partial charge is 0.191 e. The number of thioether (sulfide) groups is 1. The lowest BCUT2D eigenvalue weighted by atomic mass is 10.1. The molecule has 2 aromatic rings. The van der Waals surface area contributed by atoms with Gasteiger partial charge in [0.05, 0.1) is 19.8 Å². The minimum atomic E-state index is 0.652. The van der Waals surface area contributed by atoms with Crippen LogP contribution < -0.4 is 5.73 Å². The molecule has 2 aromatic carbocycles. The third kappa shape index (κ3) is 4.39. The Labute approximate surface area is 141 Å². The lowest BCUT2D eigenvalue weighted by Gasteiger charge is -2.27. The fourth-order valence-corrected chi connectivity index (χ4v) is 3.55. The Balaban J connectivity index is 1.47. The first-order valence-electron chi connectivity index (χ1n) is 8.01. The van der Waals surface area contributed by atoms with E-state index in [1.54, 1.807) is 0 Å². The number of hydrogen-bond acceptors (Lipinski definition) is 3. The van der Waals surface area contributed by atoms with Gasteiger partial charge in [0, 0.05) is 24.6 Å². The molecular formula is C18H23N3OS. The van der Waals surface area contributed by atoms with E-state index in [0.29, 0.717) is 5.96 Å². The van der Waals surface area contributed by atoms with Crippen LogP contribution in [0.4, 0.5) is 0 Å². The number of aliphatic imine (C=N–C) groups is 1. The number of ether oxygens (including phenoxy) is 1. The van der Waals surface area contributed by atoms with Crippen LogP contribution in [0.2, 0.25) is 0 Å². The van der Waals surface area contributed by atoms with E-state index in [9.17, 15) is 0 Å². The summed E-state index contributed by atoms with van der Waals surface area (Å²) < 4.78 is 5.32. The molecule has 0 aromatic heterocycles. The van der Waals surface area contributed by atoms with Crippen molar-refractivity contribution < 1.29 is 4.74 Å². The molecule has 1 aliphatic rings. The van der Waals surface area contributed by atoms with Crippen molar-refractivity contribution in [3.8, 4) is 0 Å². The molecule has 0 bridgehead atoms. The van der Waals surface area contributed by atoms with Crippen molar-refractivity contribution in [2.75, 3.05) is 38.6 Å². The number of fused-ring (bicyclic) bond motifs is 1. The number of nitrogens with zero attached hydrogens (tertiary/aromatic N) is 2. The molecule has 1 saturated heterocycles. The Morgan fingerprint density at radius 2 is 1.91 bits per heavy atom. The van der Waals surface area contributed by atoms with Gasteiger partial charge in [-0.25, -0.2) is 0 Å². The minimum absolute atomic E-state index is 0.652. The van der Waals surface area contributed by atoms with Crippen molar-refractivity contribution in [1.29, 1.82) is 0 Å². The Kier molecular flexibility index (Phi) is 5.77. The van der Waals surface area contributed by atoms with Crippen molar-refractivity contribution in [2.45, 2.75) is 5.75 Å². The number of nitrogens with two attached hydrogens (primary N) is 1. The Hall–Kier alpha value is -1.72. The molecule has 0 saturated carbocycles. The van der Waals surface area contributed by atoms with Gasteiger partial charge in [-0.15, -0.1) is 0 Å². The highest BCUT2D eigenvalue weighted by Crippen LogP contribution is 2.22. The number of morpholine rings is 1. The molecule has 5 heteroatoms. The molecule has 1 heterocycles. The standard InChI is InChI=1S/C18H23N3OS/c19-18(21-9-11-22-12-10-21)20-8-13-23-14-16-6-3-5-15-4-1-2-7-17(15)16/h1-7H,8-14H2,(H2,19,20). The number of hydrogen-bond donors (Lipinski definition) is 1. The van der Waals surface area contributed by atoms with Gasteiger partial charge in [-0.2, -0.15) is 11.8 Å². The van der Waals surface area contributed by atoms with Gasteiger partial charge in [0.1, 0.15) is 0 Å². The molecule has 2 N–H and O–H groups in total. The normalized spacial score (nSPS) is 16.0. The third-order valence-electron chi connectivity index (χ3n) is 3.98. The number of benzene rings is 2. The maximum atomic E-state index is 6.03. The summed E-state index contributed by atoms with van der Waals surface area (Å²) >= 11 is 1.90. The van der Waals surface area contributed by atoms with E-state index in [1.807, 2.05) is 11.8 Å². The summed E-state index contributed by atoms with van der Waals surface area (Å²) in [5, 5.41) is 2.65. The fraction of sp³-hybridized carbons (Fsp3) is 0.389. The van der Waals surface area contributed by atoms with Gasteiger partial charge in [-0.3, -0.25) is 4.99 Å². The summed E-state index contributed by atoms with van der Waals surface area (Å²) in [6.45, 7) is 3.94. The molecule has 0 amide bonds. The first-order chi connectivity index (χ1) is 11.3. The Bertz CT molecular complexity index is 663. The SMILES string of the molecule is NC(=NCCSCc1cccc2ccccc12)N1CCOCC1. The Morgan fingerprint density at radius 3 is 2.78 bits per heavy atom. The lowest BCUT2D eigenvalue weighted by Crippen LogP contribution is -2.44. The second-order valence-electron chi connectivity index (χ2n) is 5.53. The van der Waals surface area contributed by atoms with Crippen molar-refractivity contribution in [3.63, 3.8) is 0 Å². The molecule has 0 spiro atoms. The van der Waals surface area contributed by atoms with E-state index in [0.717, 1.165) is 44.4 Å². The van der Waals surface area contributed by atoms with Crippen LogP contribution in [-0.4, -0.2) is 49.5 Å². The first-order valence-corrected chi connectivity index (χ1v) is 9.17. The summed E-state index contributed by atoms with van der Waals surface area (Å²) in [6.07, 6.45) is 0. The molecule has 0 radical (unpaired) electrons. The van der Waals surface area contributed by atoms with E-state index in [2.05, 4.69) is 52.4 Å². The van der Waals surface area contributed by atoms with Crippen molar-refractivity contribution in [2.24, 2.45) is 10.7 Å². The van der Waals surface area contributed by atoms with Gasteiger partial charge in [0.15, 0.2) is 5.96 Å². The first kappa shape index (κ1) is 16.1. The quantitative estimate of drug-likeness (QED) is 0.521. The molecule has 0 aliphatic carbocycles. The molecule has 3 rings (SSSR count). The van der Waals surface area contributed by atoms with Gasteiger partial charge in [0.2, 0.25) is 0 Å². The largest absolute Gasteiger partial charge is 0.378 e. The second-order valence-corrected chi connectivity index (χ2v) is 6.64. The second kappa shape index (κ2) is 8.22. The molecule has 122 valence electrons. The highest BCUT2D eigenvalue weighted by molar-refractivity contribution is 7.98. The van der Waals surface area contributed by atoms with Crippen molar-refractivity contribution in [1.82, 2.24) is 4.90 Å². The predicted molar refractivity (Wildman–Crippen MR) is 99.0 cm³/mol. The van der Waals surface area contributed by atoms with E-state index in [4.69, 9.17) is 10.5 Å². The third-order valence-corrected chi connectivity index (χ3v) is 4.97. The van der Waals surface area contributed by atoms with Crippen LogP contribution in [0.25, 0.3) is 10.8 Å². The minimum Gasteiger partial charge on any atom is -0.378 e. The highest BCUT2D eigenvalue weighted by atomic mass is 32.2. The van der Waals surface area contributed by atoms with Crippen LogP contribution >= 0.6 is 11.8 Å². The van der Waals surface area contributed by atoms with Gasteiger partial charge in [-0.1, -0.05) is 42.5 Å². The lowest BCUT2D eigenvalue weighted by molar-refractivity contribution is 0.0674. The summed E-state index contributed by atoms with van der Waals surface area (Å²) in [5.41, 5.74) is 7.41. The van der Waals surface area contributed by atoms with E-state index in [-0.39, 0.29) is 0 Å². The molecule has 23 heavy (non-hydrogen) atoms. The maximum absolute atomic E-state index is 6.03. The average molecular weight is 329 g/mol. The zero-order valence-corrected chi connectivity index (χ0v) is 14.1. The Morgan fingerprint density at radius 1 is 1.13 bits per heavy atom. The van der Waals surface area contributed by atoms with E-state index >= 15 is 0 Å². The van der Waals surface area contributed by atoms with Gasteiger partial charge in [0.25, 0.3) is 0 Å². The number of guanidine groups is 1. The predicted octanol–water partition coefficient (Wildman–Crippen LogP) is 2.72. The van der Waals surface area contributed by atoms with Crippen molar-refractivity contribution >= 4 is 28.5 Å². The summed E-state index contributed by atoms with van der Waals surface area (Å²) in [4.78, 5) is 6.58. The van der Waals surface area contributed by atoms with Crippen LogP contribution in [-0.2, 0) is 10.5 Å². The molecule has 1 fully saturated rings. The summed E-state index contributed by atoms with van der Waals surface area (Å²) in [5.74, 6) is 2.64. The van der Waals surface area contributed by atoms with Crippen LogP contribution in [0.5, 0.6) is 0 Å². The molecular weight excluding hydrogens is 306 g/mol. The van der Waals surface area contributed by atoms with Crippen LogP contribution in [0, 0.1) is 0 Å². The average Bonchev–Trinajstić information content (AvgIpc) is 2.62. The van der Waals surface area contributed by atoms with Gasteiger partial charge in [-0.05, 0) is 16.3 Å². The number of rotatable bonds is 5.